The largest absolute Gasteiger partial charge is 0.493 e. The lowest BCUT2D eigenvalue weighted by atomic mass is 10.3. The number of fused-ring (bicyclic) bond motifs is 1. The van der Waals surface area contributed by atoms with E-state index in [-0.39, 0.29) is 11.6 Å². The molecule has 0 radical (unpaired) electrons. The summed E-state index contributed by atoms with van der Waals surface area (Å²) in [5.74, 6) is 0.339. The van der Waals surface area contributed by atoms with Crippen molar-refractivity contribution < 1.29 is 5.11 Å². The van der Waals surface area contributed by atoms with Gasteiger partial charge in [-0.05, 0) is 37.1 Å². The molecule has 3 aromatic heterocycles. The van der Waals surface area contributed by atoms with Crippen molar-refractivity contribution in [2.24, 2.45) is 4.99 Å². The summed E-state index contributed by atoms with van der Waals surface area (Å²) < 4.78 is 1.65. The van der Waals surface area contributed by atoms with Crippen molar-refractivity contribution in [3.05, 3.63) is 68.4 Å². The van der Waals surface area contributed by atoms with E-state index in [1.54, 1.807) is 28.9 Å². The van der Waals surface area contributed by atoms with E-state index in [0.29, 0.717) is 33.2 Å². The van der Waals surface area contributed by atoms with Gasteiger partial charge in [0.05, 0.1) is 12.2 Å². The molecule has 1 aliphatic carbocycles. The van der Waals surface area contributed by atoms with E-state index in [1.807, 2.05) is 18.2 Å². The number of halogens is 1. The molecule has 1 saturated carbocycles. The summed E-state index contributed by atoms with van der Waals surface area (Å²) in [6, 6.07) is 9.46. The van der Waals surface area contributed by atoms with Crippen LogP contribution < -0.4 is 21.7 Å². The summed E-state index contributed by atoms with van der Waals surface area (Å²) in [7, 11) is 0. The molecule has 4 N–H and O–H groups in total. The van der Waals surface area contributed by atoms with Crippen LogP contribution in [-0.2, 0) is 0 Å². The number of hydrogen-bond acceptors (Lipinski definition) is 6. The molecule has 1 aromatic carbocycles. The Bertz CT molecular complexity index is 1400. The zero-order valence-corrected chi connectivity index (χ0v) is 15.8. The summed E-state index contributed by atoms with van der Waals surface area (Å²) >= 11 is 6.08. The van der Waals surface area contributed by atoms with E-state index in [4.69, 9.17) is 16.6 Å². The van der Waals surface area contributed by atoms with Crippen molar-refractivity contribution in [1.29, 1.82) is 0 Å². The van der Waals surface area contributed by atoms with Crippen LogP contribution in [0, 0.1) is 0 Å². The van der Waals surface area contributed by atoms with Gasteiger partial charge in [-0.2, -0.15) is 9.61 Å². The third-order valence-corrected chi connectivity index (χ3v) is 4.71. The molecule has 29 heavy (non-hydrogen) atoms. The van der Waals surface area contributed by atoms with Crippen LogP contribution in [-0.4, -0.2) is 35.7 Å². The highest BCUT2D eigenvalue weighted by molar-refractivity contribution is 6.30. The lowest BCUT2D eigenvalue weighted by Gasteiger charge is -2.06. The molecule has 0 unspecified atom stereocenters. The molecular weight excluding hydrogens is 394 g/mol. The lowest BCUT2D eigenvalue weighted by molar-refractivity contribution is 0.454. The first-order valence-electron chi connectivity index (χ1n) is 9.03. The highest BCUT2D eigenvalue weighted by Crippen LogP contribution is 2.23. The number of anilines is 2. The molecule has 4 aromatic rings. The molecular formula is C19H16ClN7O2. The molecule has 146 valence electrons. The molecule has 5 rings (SSSR count). The standard InChI is InChI=1S/C19H16ClN7O2/c20-11-2-1-3-13(7-11)22-15-8-16(23-12-4-5-12)27-17(25-15)10(9-21-27)6-14-18(28)26-19(29)24-14/h1-3,6-9,12,22,28H,4-5H2,(H2,24,26,29). The highest BCUT2D eigenvalue weighted by atomic mass is 35.5. The average Bonchev–Trinajstić information content (AvgIpc) is 3.31. The number of aromatic amines is 2. The summed E-state index contributed by atoms with van der Waals surface area (Å²) in [4.78, 5) is 25.6. The van der Waals surface area contributed by atoms with Crippen molar-refractivity contribution in [2.45, 2.75) is 18.9 Å². The Balaban J connectivity index is 1.68. The molecule has 1 aliphatic rings. The summed E-state index contributed by atoms with van der Waals surface area (Å²) in [5.41, 5.74) is 1.77. The minimum absolute atomic E-state index is 0.245. The second-order valence-electron chi connectivity index (χ2n) is 6.82. The maximum absolute atomic E-state index is 11.4. The molecule has 10 heteroatoms. The number of H-pyrrole nitrogens is 2. The third-order valence-electron chi connectivity index (χ3n) is 4.47. The van der Waals surface area contributed by atoms with Gasteiger partial charge in [-0.25, -0.2) is 9.78 Å². The SMILES string of the molecule is O=c1[nH]c(O)c(C=c2cnn3c(=NC4CC4)cc(Nc4cccc(Cl)c4)nc23)[nH]1. The van der Waals surface area contributed by atoms with Crippen LogP contribution in [0.25, 0.3) is 11.7 Å². The second kappa shape index (κ2) is 6.78. The highest BCUT2D eigenvalue weighted by Gasteiger charge is 2.20. The number of nitrogens with zero attached hydrogens (tertiary/aromatic N) is 4. The summed E-state index contributed by atoms with van der Waals surface area (Å²) in [6.45, 7) is 0. The molecule has 0 aliphatic heterocycles. The number of benzene rings is 1. The number of aromatic nitrogens is 5. The topological polar surface area (TPSA) is 123 Å². The van der Waals surface area contributed by atoms with Gasteiger partial charge in [-0.15, -0.1) is 0 Å². The van der Waals surface area contributed by atoms with Gasteiger partial charge >= 0.3 is 5.69 Å². The van der Waals surface area contributed by atoms with Crippen LogP contribution in [0.3, 0.4) is 0 Å². The molecule has 0 amide bonds. The quantitative estimate of drug-likeness (QED) is 0.406. The van der Waals surface area contributed by atoms with E-state index in [2.05, 4.69) is 25.4 Å². The maximum Gasteiger partial charge on any atom is 0.326 e. The van der Waals surface area contributed by atoms with Gasteiger partial charge in [-0.1, -0.05) is 17.7 Å². The van der Waals surface area contributed by atoms with E-state index >= 15 is 0 Å². The Morgan fingerprint density at radius 1 is 1.31 bits per heavy atom. The van der Waals surface area contributed by atoms with Crippen LogP contribution in [0.15, 0.2) is 46.3 Å². The summed E-state index contributed by atoms with van der Waals surface area (Å²) in [6.07, 6.45) is 5.33. The van der Waals surface area contributed by atoms with Gasteiger partial charge < -0.3 is 15.4 Å². The average molecular weight is 410 g/mol. The Morgan fingerprint density at radius 3 is 2.90 bits per heavy atom. The third kappa shape index (κ3) is 3.59. The van der Waals surface area contributed by atoms with Crippen LogP contribution in [0.1, 0.15) is 18.5 Å². The Morgan fingerprint density at radius 2 is 2.17 bits per heavy atom. The minimum atomic E-state index is -0.495. The number of nitrogens with one attached hydrogen (secondary N) is 3. The van der Waals surface area contributed by atoms with Gasteiger partial charge in [0.1, 0.15) is 11.5 Å². The predicted octanol–water partition coefficient (Wildman–Crippen LogP) is 1.46. The van der Waals surface area contributed by atoms with Gasteiger partial charge in [0.2, 0.25) is 5.88 Å². The van der Waals surface area contributed by atoms with Gasteiger partial charge in [-0.3, -0.25) is 9.98 Å². The van der Waals surface area contributed by atoms with E-state index in [9.17, 15) is 9.90 Å². The molecule has 0 spiro atoms. The fourth-order valence-corrected chi connectivity index (χ4v) is 3.16. The van der Waals surface area contributed by atoms with Gasteiger partial charge in [0, 0.05) is 22.0 Å². The van der Waals surface area contributed by atoms with E-state index in [1.165, 1.54) is 0 Å². The number of imidazole rings is 1. The van der Waals surface area contributed by atoms with Crippen LogP contribution in [0.2, 0.25) is 5.02 Å². The molecule has 0 bridgehead atoms. The maximum atomic E-state index is 11.4. The monoisotopic (exact) mass is 409 g/mol. The first-order chi connectivity index (χ1) is 14.0. The van der Waals surface area contributed by atoms with E-state index < -0.39 is 5.69 Å². The Kier molecular flexibility index (Phi) is 4.09. The lowest BCUT2D eigenvalue weighted by Crippen LogP contribution is -2.19. The zero-order valence-electron chi connectivity index (χ0n) is 15.1. The molecule has 1 fully saturated rings. The first kappa shape index (κ1) is 17.5. The minimum Gasteiger partial charge on any atom is -0.493 e. The van der Waals surface area contributed by atoms with Crippen molar-refractivity contribution >= 4 is 34.8 Å². The molecule has 9 nitrogen and oxygen atoms in total. The normalized spacial score (nSPS) is 15.3. The van der Waals surface area contributed by atoms with Gasteiger partial charge in [0.15, 0.2) is 11.1 Å². The van der Waals surface area contributed by atoms with Crippen molar-refractivity contribution in [3.63, 3.8) is 0 Å². The Hall–Kier alpha value is -3.59. The fraction of sp³-hybridized carbons (Fsp3) is 0.158. The second-order valence-corrected chi connectivity index (χ2v) is 7.25. The number of hydrogen-bond donors (Lipinski definition) is 4. The van der Waals surface area contributed by atoms with Crippen LogP contribution >= 0.6 is 11.6 Å². The number of aromatic hydroxyl groups is 1. The molecule has 0 atom stereocenters. The summed E-state index contributed by atoms with van der Waals surface area (Å²) in [5, 5.41) is 18.7. The van der Waals surface area contributed by atoms with Crippen molar-refractivity contribution in [1.82, 2.24) is 24.6 Å². The zero-order chi connectivity index (χ0) is 20.0. The number of rotatable bonds is 4. The van der Waals surface area contributed by atoms with Crippen LogP contribution in [0.5, 0.6) is 5.88 Å². The Labute approximate surface area is 168 Å². The molecule has 3 heterocycles. The van der Waals surface area contributed by atoms with Crippen molar-refractivity contribution in [2.75, 3.05) is 5.32 Å². The van der Waals surface area contributed by atoms with E-state index in [0.717, 1.165) is 18.5 Å². The molecule has 0 saturated heterocycles. The predicted molar refractivity (Wildman–Crippen MR) is 108 cm³/mol. The van der Waals surface area contributed by atoms with Crippen LogP contribution in [0.4, 0.5) is 11.5 Å². The van der Waals surface area contributed by atoms with Gasteiger partial charge in [0.25, 0.3) is 0 Å². The fourth-order valence-electron chi connectivity index (χ4n) is 2.97. The smallest absolute Gasteiger partial charge is 0.326 e. The first-order valence-corrected chi connectivity index (χ1v) is 9.41. The van der Waals surface area contributed by atoms with Crippen molar-refractivity contribution in [3.8, 4) is 5.88 Å².